The zero-order valence-electron chi connectivity index (χ0n) is 7.37. The molecule has 70 valence electrons. The Morgan fingerprint density at radius 3 is 2.42 bits per heavy atom. The van der Waals surface area contributed by atoms with E-state index in [1.165, 1.54) is 6.92 Å². The van der Waals surface area contributed by atoms with Gasteiger partial charge in [-0.1, -0.05) is 6.92 Å². The molecule has 0 spiro atoms. The van der Waals surface area contributed by atoms with Gasteiger partial charge in [-0.15, -0.1) is 0 Å². The van der Waals surface area contributed by atoms with E-state index in [2.05, 4.69) is 4.74 Å². The number of ether oxygens (including phenoxy) is 1. The van der Waals surface area contributed by atoms with Gasteiger partial charge in [-0.3, -0.25) is 9.59 Å². The molecule has 0 amide bonds. The third kappa shape index (κ3) is 4.71. The van der Waals surface area contributed by atoms with Crippen LogP contribution in [0.2, 0.25) is 0 Å². The number of hydrogen-bond donors (Lipinski definition) is 1. The maximum absolute atomic E-state index is 10.5. The van der Waals surface area contributed by atoms with Crippen molar-refractivity contribution >= 4 is 11.9 Å². The second-order valence-corrected chi connectivity index (χ2v) is 2.57. The molecular formula is C8H14O4. The number of carboxylic acids is 1. The molecule has 4 nitrogen and oxygen atoms in total. The van der Waals surface area contributed by atoms with E-state index in [0.29, 0.717) is 12.8 Å². The number of aliphatic carboxylic acids is 1. The number of rotatable bonds is 5. The number of carboxylic acid groups (broad SMARTS) is 1. The summed E-state index contributed by atoms with van der Waals surface area (Å²) in [6, 6.07) is 0. The molecule has 0 rings (SSSR count). The molecule has 0 saturated heterocycles. The minimum atomic E-state index is -0.829. The van der Waals surface area contributed by atoms with Gasteiger partial charge < -0.3 is 9.84 Å². The van der Waals surface area contributed by atoms with Crippen LogP contribution in [0.15, 0.2) is 0 Å². The van der Waals surface area contributed by atoms with Crippen LogP contribution in [0.5, 0.6) is 0 Å². The molecule has 0 aromatic carbocycles. The van der Waals surface area contributed by atoms with E-state index < -0.39 is 11.9 Å². The largest absolute Gasteiger partial charge is 0.481 e. The van der Waals surface area contributed by atoms with Gasteiger partial charge in [0.1, 0.15) is 0 Å². The van der Waals surface area contributed by atoms with Gasteiger partial charge in [0, 0.05) is 6.92 Å². The second kappa shape index (κ2) is 5.57. The fraction of sp³-hybridized carbons (Fsp3) is 0.750. The topological polar surface area (TPSA) is 63.6 Å². The molecule has 12 heavy (non-hydrogen) atoms. The summed E-state index contributed by atoms with van der Waals surface area (Å²) in [6.45, 7) is 3.30. The number of carbonyl (C=O) groups excluding carboxylic acids is 1. The van der Waals surface area contributed by atoms with Gasteiger partial charge >= 0.3 is 11.9 Å². The van der Waals surface area contributed by atoms with Crippen LogP contribution in [-0.4, -0.2) is 23.7 Å². The summed E-state index contributed by atoms with van der Waals surface area (Å²) < 4.78 is 4.62. The van der Waals surface area contributed by atoms with Crippen molar-refractivity contribution in [1.82, 2.24) is 0 Å². The predicted octanol–water partition coefficient (Wildman–Crippen LogP) is 1.05. The Labute approximate surface area is 71.5 Å². The summed E-state index contributed by atoms with van der Waals surface area (Å²) in [5, 5.41) is 8.60. The van der Waals surface area contributed by atoms with E-state index in [-0.39, 0.29) is 12.6 Å². The third-order valence-corrected chi connectivity index (χ3v) is 1.61. The van der Waals surface area contributed by atoms with Gasteiger partial charge in [-0.2, -0.15) is 0 Å². The molecule has 0 fully saturated rings. The minimum Gasteiger partial charge on any atom is -0.481 e. The van der Waals surface area contributed by atoms with Crippen LogP contribution >= 0.6 is 0 Å². The lowest BCUT2D eigenvalue weighted by Gasteiger charge is -2.08. The van der Waals surface area contributed by atoms with Crippen molar-refractivity contribution in [2.45, 2.75) is 26.7 Å². The lowest BCUT2D eigenvalue weighted by atomic mass is 10.0. The Kier molecular flexibility index (Phi) is 5.08. The molecule has 0 radical (unpaired) electrons. The Morgan fingerprint density at radius 2 is 2.08 bits per heavy atom. The summed E-state index contributed by atoms with van der Waals surface area (Å²) in [4.78, 5) is 20.8. The molecule has 0 aliphatic rings. The van der Waals surface area contributed by atoms with Crippen LogP contribution in [0.25, 0.3) is 0 Å². The highest BCUT2D eigenvalue weighted by Crippen LogP contribution is 2.07. The normalized spacial score (nSPS) is 12.2. The van der Waals surface area contributed by atoms with Crippen LogP contribution in [-0.2, 0) is 14.3 Å². The van der Waals surface area contributed by atoms with E-state index in [0.717, 1.165) is 0 Å². The first-order chi connectivity index (χ1) is 5.57. The smallest absolute Gasteiger partial charge is 0.306 e. The van der Waals surface area contributed by atoms with Crippen molar-refractivity contribution in [2.24, 2.45) is 5.92 Å². The highest BCUT2D eigenvalue weighted by Gasteiger charge is 2.14. The Morgan fingerprint density at radius 1 is 1.50 bits per heavy atom. The molecule has 4 heteroatoms. The van der Waals surface area contributed by atoms with Crippen LogP contribution in [0.1, 0.15) is 26.7 Å². The van der Waals surface area contributed by atoms with Crippen molar-refractivity contribution in [2.75, 3.05) is 6.61 Å². The number of esters is 1. The van der Waals surface area contributed by atoms with Crippen LogP contribution in [0, 0.1) is 5.92 Å². The van der Waals surface area contributed by atoms with E-state index in [9.17, 15) is 9.59 Å². The molecule has 1 N–H and O–H groups in total. The van der Waals surface area contributed by atoms with Gasteiger partial charge in [0.2, 0.25) is 0 Å². The molecule has 0 aliphatic heterocycles. The Hall–Kier alpha value is -1.06. The fourth-order valence-corrected chi connectivity index (χ4v) is 0.847. The second-order valence-electron chi connectivity index (χ2n) is 2.57. The molecule has 1 unspecified atom stereocenters. The first kappa shape index (κ1) is 10.9. The van der Waals surface area contributed by atoms with Gasteiger partial charge in [-0.05, 0) is 12.8 Å². The molecule has 0 bridgehead atoms. The molecule has 0 heterocycles. The Balaban J connectivity index is 3.59. The lowest BCUT2D eigenvalue weighted by molar-refractivity contribution is -0.146. The van der Waals surface area contributed by atoms with Crippen LogP contribution in [0.4, 0.5) is 0 Å². The van der Waals surface area contributed by atoms with Gasteiger partial charge in [-0.25, -0.2) is 0 Å². The van der Waals surface area contributed by atoms with Crippen molar-refractivity contribution in [3.8, 4) is 0 Å². The summed E-state index contributed by atoms with van der Waals surface area (Å²) in [5.74, 6) is -1.59. The number of carbonyl (C=O) groups is 2. The average Bonchev–Trinajstić information content (AvgIpc) is 1.96. The maximum atomic E-state index is 10.5. The van der Waals surface area contributed by atoms with Crippen LogP contribution < -0.4 is 0 Å². The lowest BCUT2D eigenvalue weighted by Crippen LogP contribution is -2.15. The average molecular weight is 174 g/mol. The monoisotopic (exact) mass is 174 g/mol. The van der Waals surface area contributed by atoms with Crippen LogP contribution in [0.3, 0.4) is 0 Å². The van der Waals surface area contributed by atoms with Gasteiger partial charge in [0.25, 0.3) is 0 Å². The minimum absolute atomic E-state index is 0.195. The van der Waals surface area contributed by atoms with E-state index in [4.69, 9.17) is 5.11 Å². The van der Waals surface area contributed by atoms with Crippen molar-refractivity contribution in [1.29, 1.82) is 0 Å². The number of hydrogen-bond acceptors (Lipinski definition) is 3. The quantitative estimate of drug-likeness (QED) is 0.633. The zero-order chi connectivity index (χ0) is 9.56. The standard InChI is InChI=1S/C8H14O4/c1-3-7(8(10)11)4-5-12-6(2)9/h7H,3-5H2,1-2H3,(H,10,11). The predicted molar refractivity (Wildman–Crippen MR) is 42.7 cm³/mol. The molecule has 0 aromatic rings. The first-order valence-corrected chi connectivity index (χ1v) is 3.94. The van der Waals surface area contributed by atoms with Gasteiger partial charge in [0.05, 0.1) is 12.5 Å². The highest BCUT2D eigenvalue weighted by atomic mass is 16.5. The zero-order valence-corrected chi connectivity index (χ0v) is 7.37. The van der Waals surface area contributed by atoms with Crippen molar-refractivity contribution < 1.29 is 19.4 Å². The maximum Gasteiger partial charge on any atom is 0.306 e. The van der Waals surface area contributed by atoms with E-state index in [1.54, 1.807) is 6.92 Å². The Bertz CT molecular complexity index is 164. The highest BCUT2D eigenvalue weighted by molar-refractivity contribution is 5.70. The summed E-state index contributed by atoms with van der Waals surface area (Å²) in [7, 11) is 0. The SMILES string of the molecule is CCC(CCOC(C)=O)C(=O)O. The van der Waals surface area contributed by atoms with E-state index in [1.807, 2.05) is 0 Å². The fourth-order valence-electron chi connectivity index (χ4n) is 0.847. The summed E-state index contributed by atoms with van der Waals surface area (Å²) >= 11 is 0. The van der Waals surface area contributed by atoms with Gasteiger partial charge in [0.15, 0.2) is 0 Å². The van der Waals surface area contributed by atoms with Crippen molar-refractivity contribution in [3.05, 3.63) is 0 Å². The molecule has 0 saturated carbocycles. The third-order valence-electron chi connectivity index (χ3n) is 1.61. The molecule has 0 aromatic heterocycles. The van der Waals surface area contributed by atoms with E-state index >= 15 is 0 Å². The molecule has 0 aliphatic carbocycles. The first-order valence-electron chi connectivity index (χ1n) is 3.94. The molecule has 1 atom stereocenters. The summed E-state index contributed by atoms with van der Waals surface area (Å²) in [6.07, 6.45) is 0.960. The molecular weight excluding hydrogens is 160 g/mol. The van der Waals surface area contributed by atoms with Crippen molar-refractivity contribution in [3.63, 3.8) is 0 Å². The summed E-state index contributed by atoms with van der Waals surface area (Å²) in [5.41, 5.74) is 0.